The standard InChI is InChI=1S/C10H20N4O/c1-6(2)12-9(15)7(3)13-10(11)14-8-4-5-8/h6-8H,4-5H2,1-3H3,(H,12,15)(H3,11,13,14). The van der Waals surface area contributed by atoms with E-state index in [4.69, 9.17) is 5.73 Å². The third kappa shape index (κ3) is 4.67. The molecule has 0 aromatic heterocycles. The average molecular weight is 212 g/mol. The zero-order chi connectivity index (χ0) is 11.4. The van der Waals surface area contributed by atoms with E-state index in [1.54, 1.807) is 6.92 Å². The number of guanidine groups is 1. The summed E-state index contributed by atoms with van der Waals surface area (Å²) in [5, 5.41) is 5.68. The Morgan fingerprint density at radius 3 is 2.40 bits per heavy atom. The van der Waals surface area contributed by atoms with Crippen molar-refractivity contribution in [1.82, 2.24) is 10.6 Å². The highest BCUT2D eigenvalue weighted by molar-refractivity contribution is 5.88. The number of hydrogen-bond donors (Lipinski definition) is 3. The first-order valence-corrected chi connectivity index (χ1v) is 5.39. The van der Waals surface area contributed by atoms with Crippen LogP contribution in [0, 0.1) is 0 Å². The lowest BCUT2D eigenvalue weighted by atomic mass is 10.3. The van der Waals surface area contributed by atoms with Gasteiger partial charge in [0.05, 0.1) is 6.04 Å². The molecular formula is C10H20N4O. The summed E-state index contributed by atoms with van der Waals surface area (Å²) >= 11 is 0. The summed E-state index contributed by atoms with van der Waals surface area (Å²) in [7, 11) is 0. The zero-order valence-electron chi connectivity index (χ0n) is 9.58. The van der Waals surface area contributed by atoms with Gasteiger partial charge in [-0.2, -0.15) is 0 Å². The van der Waals surface area contributed by atoms with Crippen LogP contribution in [-0.4, -0.2) is 30.0 Å². The second-order valence-corrected chi connectivity index (χ2v) is 4.27. The maximum Gasteiger partial charge on any atom is 0.242 e. The smallest absolute Gasteiger partial charge is 0.242 e. The van der Waals surface area contributed by atoms with Crippen molar-refractivity contribution in [3.05, 3.63) is 0 Å². The van der Waals surface area contributed by atoms with Crippen LogP contribution < -0.4 is 16.4 Å². The van der Waals surface area contributed by atoms with E-state index in [9.17, 15) is 4.79 Å². The van der Waals surface area contributed by atoms with Crippen molar-refractivity contribution in [2.24, 2.45) is 10.7 Å². The monoisotopic (exact) mass is 212 g/mol. The first-order valence-electron chi connectivity index (χ1n) is 5.39. The summed E-state index contributed by atoms with van der Waals surface area (Å²) in [4.78, 5) is 15.7. The minimum atomic E-state index is -0.338. The Hall–Kier alpha value is -1.26. The largest absolute Gasteiger partial charge is 0.370 e. The number of nitrogens with two attached hydrogens (primary N) is 1. The Kier molecular flexibility index (Phi) is 3.94. The first-order chi connectivity index (χ1) is 6.99. The maximum absolute atomic E-state index is 11.5. The molecule has 1 unspecified atom stereocenters. The molecule has 1 saturated carbocycles. The van der Waals surface area contributed by atoms with Gasteiger partial charge in [-0.3, -0.25) is 9.79 Å². The number of nitrogens with one attached hydrogen (secondary N) is 2. The van der Waals surface area contributed by atoms with E-state index in [0.29, 0.717) is 12.0 Å². The number of aliphatic imine (C=N–C) groups is 1. The molecule has 1 atom stereocenters. The van der Waals surface area contributed by atoms with E-state index < -0.39 is 0 Å². The van der Waals surface area contributed by atoms with Crippen molar-refractivity contribution in [1.29, 1.82) is 0 Å². The molecule has 5 heteroatoms. The van der Waals surface area contributed by atoms with Gasteiger partial charge in [0.25, 0.3) is 0 Å². The first kappa shape index (κ1) is 11.8. The Morgan fingerprint density at radius 2 is 1.93 bits per heavy atom. The van der Waals surface area contributed by atoms with Gasteiger partial charge in [0.15, 0.2) is 5.96 Å². The molecule has 1 amide bonds. The summed E-state index contributed by atoms with van der Waals surface area (Å²) in [6.45, 7) is 5.62. The molecule has 86 valence electrons. The van der Waals surface area contributed by atoms with Crippen LogP contribution in [0.5, 0.6) is 0 Å². The van der Waals surface area contributed by atoms with Gasteiger partial charge < -0.3 is 16.4 Å². The molecule has 0 aliphatic heterocycles. The van der Waals surface area contributed by atoms with Crippen LogP contribution in [-0.2, 0) is 4.79 Å². The highest BCUT2D eigenvalue weighted by Crippen LogP contribution is 2.22. The molecule has 1 rings (SSSR count). The van der Waals surface area contributed by atoms with Gasteiger partial charge in [-0.25, -0.2) is 0 Å². The minimum Gasteiger partial charge on any atom is -0.370 e. The molecule has 0 spiro atoms. The number of carbonyl (C=O) groups is 1. The van der Waals surface area contributed by atoms with Gasteiger partial charge in [0.2, 0.25) is 5.91 Å². The molecule has 1 fully saturated rings. The Morgan fingerprint density at radius 1 is 1.33 bits per heavy atom. The fourth-order valence-electron chi connectivity index (χ4n) is 1.13. The Labute approximate surface area is 90.5 Å². The number of nitrogens with zero attached hydrogens (tertiary/aromatic N) is 1. The van der Waals surface area contributed by atoms with Crippen LogP contribution in [0.4, 0.5) is 0 Å². The van der Waals surface area contributed by atoms with Crippen LogP contribution in [0.1, 0.15) is 33.6 Å². The highest BCUT2D eigenvalue weighted by atomic mass is 16.2. The summed E-state index contributed by atoms with van der Waals surface area (Å²) in [5.74, 6) is 0.308. The lowest BCUT2D eigenvalue weighted by Gasteiger charge is -2.16. The predicted molar refractivity (Wildman–Crippen MR) is 60.5 cm³/mol. The van der Waals surface area contributed by atoms with Gasteiger partial charge in [-0.05, 0) is 33.6 Å². The lowest BCUT2D eigenvalue weighted by Crippen LogP contribution is -2.49. The molecular weight excluding hydrogens is 192 g/mol. The SMILES string of the molecule is CC(C)NC(=O)C(C)NC(N)=NC1CC1. The highest BCUT2D eigenvalue weighted by Gasteiger charge is 2.21. The number of hydrogen-bond acceptors (Lipinski definition) is 2. The van der Waals surface area contributed by atoms with E-state index in [2.05, 4.69) is 15.6 Å². The van der Waals surface area contributed by atoms with Crippen molar-refractivity contribution in [2.45, 2.75) is 51.7 Å². The maximum atomic E-state index is 11.5. The molecule has 1 aliphatic carbocycles. The summed E-state index contributed by atoms with van der Waals surface area (Å²) in [6.07, 6.45) is 2.21. The predicted octanol–water partition coefficient (Wildman–Crippen LogP) is -0.0338. The molecule has 0 bridgehead atoms. The zero-order valence-corrected chi connectivity index (χ0v) is 9.58. The lowest BCUT2D eigenvalue weighted by molar-refractivity contribution is -0.122. The topological polar surface area (TPSA) is 79.5 Å². The fraction of sp³-hybridized carbons (Fsp3) is 0.800. The molecule has 0 aromatic carbocycles. The van der Waals surface area contributed by atoms with Gasteiger partial charge >= 0.3 is 0 Å². The average Bonchev–Trinajstić information content (AvgIpc) is 2.86. The summed E-state index contributed by atoms with van der Waals surface area (Å²) in [6, 6.07) is 0.177. The Bertz CT molecular complexity index is 258. The van der Waals surface area contributed by atoms with E-state index in [0.717, 1.165) is 12.8 Å². The number of amides is 1. The second-order valence-electron chi connectivity index (χ2n) is 4.27. The molecule has 0 radical (unpaired) electrons. The van der Waals surface area contributed by atoms with Gasteiger partial charge in [-0.1, -0.05) is 0 Å². The molecule has 0 aromatic rings. The van der Waals surface area contributed by atoms with Crippen LogP contribution in [0.25, 0.3) is 0 Å². The van der Waals surface area contributed by atoms with Gasteiger partial charge in [-0.15, -0.1) is 0 Å². The third-order valence-electron chi connectivity index (χ3n) is 2.06. The van der Waals surface area contributed by atoms with E-state index in [-0.39, 0.29) is 18.0 Å². The quantitative estimate of drug-likeness (QED) is 0.452. The molecule has 1 aliphatic rings. The summed E-state index contributed by atoms with van der Waals surface area (Å²) < 4.78 is 0. The van der Waals surface area contributed by atoms with E-state index in [1.807, 2.05) is 13.8 Å². The Balaban J connectivity index is 2.33. The van der Waals surface area contributed by atoms with Crippen LogP contribution in [0.15, 0.2) is 4.99 Å². The van der Waals surface area contributed by atoms with Gasteiger partial charge in [0.1, 0.15) is 6.04 Å². The summed E-state index contributed by atoms with van der Waals surface area (Å²) in [5.41, 5.74) is 5.64. The molecule has 15 heavy (non-hydrogen) atoms. The molecule has 0 saturated heterocycles. The second kappa shape index (κ2) is 5.00. The third-order valence-corrected chi connectivity index (χ3v) is 2.06. The van der Waals surface area contributed by atoms with Gasteiger partial charge in [0, 0.05) is 6.04 Å². The normalized spacial score (nSPS) is 18.8. The molecule has 0 heterocycles. The van der Waals surface area contributed by atoms with Crippen molar-refractivity contribution in [2.75, 3.05) is 0 Å². The van der Waals surface area contributed by atoms with Crippen molar-refractivity contribution in [3.63, 3.8) is 0 Å². The van der Waals surface area contributed by atoms with E-state index in [1.165, 1.54) is 0 Å². The number of carbonyl (C=O) groups excluding carboxylic acids is 1. The van der Waals surface area contributed by atoms with Crippen molar-refractivity contribution in [3.8, 4) is 0 Å². The van der Waals surface area contributed by atoms with Crippen LogP contribution in [0.2, 0.25) is 0 Å². The van der Waals surface area contributed by atoms with E-state index >= 15 is 0 Å². The molecule has 4 N–H and O–H groups in total. The van der Waals surface area contributed by atoms with Crippen LogP contribution in [0.3, 0.4) is 0 Å². The minimum absolute atomic E-state index is 0.0565. The number of rotatable bonds is 4. The van der Waals surface area contributed by atoms with Crippen LogP contribution >= 0.6 is 0 Å². The molecule has 5 nitrogen and oxygen atoms in total. The van der Waals surface area contributed by atoms with Crippen molar-refractivity contribution >= 4 is 11.9 Å². The van der Waals surface area contributed by atoms with Crippen molar-refractivity contribution < 1.29 is 4.79 Å². The fourth-order valence-corrected chi connectivity index (χ4v) is 1.13.